The van der Waals surface area contributed by atoms with E-state index in [1.807, 2.05) is 7.05 Å². The summed E-state index contributed by atoms with van der Waals surface area (Å²) in [7, 11) is 3.62. The lowest BCUT2D eigenvalue weighted by molar-refractivity contribution is 0.194. The number of ether oxygens (including phenoxy) is 1. The summed E-state index contributed by atoms with van der Waals surface area (Å²) >= 11 is 0. The summed E-state index contributed by atoms with van der Waals surface area (Å²) in [5.41, 5.74) is 0. The summed E-state index contributed by atoms with van der Waals surface area (Å²) in [4.78, 5) is 4.38. The summed E-state index contributed by atoms with van der Waals surface area (Å²) in [5, 5.41) is 7.13. The monoisotopic (exact) mass is 227 g/mol. The normalized spacial score (nSPS) is 15.0. The maximum atomic E-state index is 5.24. The van der Waals surface area contributed by atoms with Crippen molar-refractivity contribution in [3.8, 4) is 0 Å². The molecule has 0 fully saturated rings. The van der Waals surface area contributed by atoms with E-state index >= 15 is 0 Å². The molecule has 0 aliphatic carbocycles. The fourth-order valence-electron chi connectivity index (χ4n) is 1.39. The standard InChI is InChI=1S/C11H21N3O2/c1-8(9(2)12-3)11-13-10(14-16-11)6-5-7-15-4/h8-9,12H,5-7H2,1-4H3. The summed E-state index contributed by atoms with van der Waals surface area (Å²) in [5.74, 6) is 1.70. The van der Waals surface area contributed by atoms with Crippen LogP contribution in [0.4, 0.5) is 0 Å². The zero-order valence-electron chi connectivity index (χ0n) is 10.5. The minimum atomic E-state index is 0.230. The van der Waals surface area contributed by atoms with E-state index < -0.39 is 0 Å². The Bertz CT molecular complexity index is 301. The van der Waals surface area contributed by atoms with Gasteiger partial charge >= 0.3 is 0 Å². The van der Waals surface area contributed by atoms with Gasteiger partial charge in [0.2, 0.25) is 5.89 Å². The number of nitrogens with zero attached hydrogens (tertiary/aromatic N) is 2. The van der Waals surface area contributed by atoms with Crippen LogP contribution in [0, 0.1) is 0 Å². The van der Waals surface area contributed by atoms with Gasteiger partial charge in [0, 0.05) is 26.2 Å². The van der Waals surface area contributed by atoms with Gasteiger partial charge in [-0.2, -0.15) is 4.98 Å². The second kappa shape index (κ2) is 6.60. The molecule has 2 atom stereocenters. The molecule has 5 heteroatoms. The Morgan fingerprint density at radius 1 is 1.44 bits per heavy atom. The molecular weight excluding hydrogens is 206 g/mol. The average Bonchev–Trinajstić information content (AvgIpc) is 2.76. The molecule has 0 spiro atoms. The Hall–Kier alpha value is -0.940. The van der Waals surface area contributed by atoms with Crippen molar-refractivity contribution < 1.29 is 9.26 Å². The zero-order valence-corrected chi connectivity index (χ0v) is 10.5. The Balaban J connectivity index is 2.50. The first kappa shape index (κ1) is 13.1. The van der Waals surface area contributed by atoms with Crippen LogP contribution in [0.15, 0.2) is 4.52 Å². The van der Waals surface area contributed by atoms with Gasteiger partial charge in [-0.3, -0.25) is 0 Å². The number of methoxy groups -OCH3 is 1. The molecule has 0 amide bonds. The van der Waals surface area contributed by atoms with E-state index in [2.05, 4.69) is 29.3 Å². The fourth-order valence-corrected chi connectivity index (χ4v) is 1.39. The van der Waals surface area contributed by atoms with Crippen molar-refractivity contribution in [1.82, 2.24) is 15.5 Å². The third kappa shape index (κ3) is 3.57. The third-order valence-corrected chi connectivity index (χ3v) is 2.83. The van der Waals surface area contributed by atoms with Crippen molar-refractivity contribution in [3.05, 3.63) is 11.7 Å². The van der Waals surface area contributed by atoms with Gasteiger partial charge in [-0.15, -0.1) is 0 Å². The number of nitrogens with one attached hydrogen (secondary N) is 1. The molecule has 0 saturated heterocycles. The Kier molecular flexibility index (Phi) is 5.42. The molecule has 0 saturated carbocycles. The summed E-state index contributed by atoms with van der Waals surface area (Å²) in [6, 6.07) is 0.326. The molecule has 16 heavy (non-hydrogen) atoms. The van der Waals surface area contributed by atoms with Crippen LogP contribution in [-0.4, -0.2) is 36.9 Å². The summed E-state index contributed by atoms with van der Waals surface area (Å²) in [6.45, 7) is 4.90. The molecule has 5 nitrogen and oxygen atoms in total. The highest BCUT2D eigenvalue weighted by Gasteiger charge is 2.19. The van der Waals surface area contributed by atoms with E-state index in [9.17, 15) is 0 Å². The smallest absolute Gasteiger partial charge is 0.231 e. The molecular formula is C11H21N3O2. The maximum absolute atomic E-state index is 5.24. The Morgan fingerprint density at radius 3 is 2.81 bits per heavy atom. The first-order valence-electron chi connectivity index (χ1n) is 5.67. The van der Waals surface area contributed by atoms with Crippen molar-refractivity contribution >= 4 is 0 Å². The maximum Gasteiger partial charge on any atom is 0.231 e. The van der Waals surface area contributed by atoms with Crippen molar-refractivity contribution in [2.75, 3.05) is 20.8 Å². The Morgan fingerprint density at radius 2 is 2.19 bits per heavy atom. The minimum absolute atomic E-state index is 0.230. The summed E-state index contributed by atoms with van der Waals surface area (Å²) < 4.78 is 10.2. The van der Waals surface area contributed by atoms with Crippen LogP contribution in [0.1, 0.15) is 37.9 Å². The fraction of sp³-hybridized carbons (Fsp3) is 0.818. The highest BCUT2D eigenvalue weighted by atomic mass is 16.5. The number of aromatic nitrogens is 2. The van der Waals surface area contributed by atoms with Crippen LogP contribution >= 0.6 is 0 Å². The number of hydrogen-bond donors (Lipinski definition) is 1. The second-order valence-corrected chi connectivity index (χ2v) is 4.01. The Labute approximate surface area is 96.6 Å². The number of rotatable bonds is 7. The lowest BCUT2D eigenvalue weighted by atomic mass is 10.0. The molecule has 1 heterocycles. The first-order valence-corrected chi connectivity index (χ1v) is 5.67. The van der Waals surface area contributed by atoms with Gasteiger partial charge in [0.05, 0.1) is 5.92 Å². The van der Waals surface area contributed by atoms with Crippen LogP contribution in [-0.2, 0) is 11.2 Å². The SMILES string of the molecule is CNC(C)C(C)c1nc(CCCOC)no1. The highest BCUT2D eigenvalue weighted by molar-refractivity contribution is 4.96. The van der Waals surface area contributed by atoms with Gasteiger partial charge in [-0.25, -0.2) is 0 Å². The molecule has 1 rings (SSSR count). The minimum Gasteiger partial charge on any atom is -0.385 e. The molecule has 0 bridgehead atoms. The van der Waals surface area contributed by atoms with E-state index in [1.165, 1.54) is 0 Å². The number of hydrogen-bond acceptors (Lipinski definition) is 5. The van der Waals surface area contributed by atoms with Gasteiger partial charge < -0.3 is 14.6 Å². The van der Waals surface area contributed by atoms with Crippen molar-refractivity contribution in [3.63, 3.8) is 0 Å². The van der Waals surface area contributed by atoms with E-state index in [0.29, 0.717) is 11.9 Å². The van der Waals surface area contributed by atoms with Crippen molar-refractivity contribution in [2.45, 2.75) is 38.6 Å². The van der Waals surface area contributed by atoms with Crippen molar-refractivity contribution in [2.24, 2.45) is 0 Å². The second-order valence-electron chi connectivity index (χ2n) is 4.01. The largest absolute Gasteiger partial charge is 0.385 e. The van der Waals surface area contributed by atoms with Crippen LogP contribution in [0.3, 0.4) is 0 Å². The highest BCUT2D eigenvalue weighted by Crippen LogP contribution is 2.16. The van der Waals surface area contributed by atoms with E-state index in [0.717, 1.165) is 25.3 Å². The van der Waals surface area contributed by atoms with E-state index in [4.69, 9.17) is 9.26 Å². The number of likely N-dealkylation sites (N-methyl/N-ethyl adjacent to an activating group) is 1. The molecule has 0 aromatic carbocycles. The predicted octanol–water partition coefficient (Wildman–Crippen LogP) is 1.36. The zero-order chi connectivity index (χ0) is 12.0. The molecule has 92 valence electrons. The quantitative estimate of drug-likeness (QED) is 0.713. The van der Waals surface area contributed by atoms with Gasteiger partial charge in [-0.1, -0.05) is 12.1 Å². The van der Waals surface area contributed by atoms with E-state index in [1.54, 1.807) is 7.11 Å². The molecule has 0 aliphatic rings. The van der Waals surface area contributed by atoms with Crippen LogP contribution in [0.5, 0.6) is 0 Å². The van der Waals surface area contributed by atoms with Gasteiger partial charge in [0.25, 0.3) is 0 Å². The number of aryl methyl sites for hydroxylation is 1. The van der Waals surface area contributed by atoms with Gasteiger partial charge in [0.15, 0.2) is 5.82 Å². The van der Waals surface area contributed by atoms with Crippen LogP contribution in [0.25, 0.3) is 0 Å². The molecule has 0 aliphatic heterocycles. The molecule has 2 unspecified atom stereocenters. The topological polar surface area (TPSA) is 60.2 Å². The van der Waals surface area contributed by atoms with Gasteiger partial charge in [-0.05, 0) is 20.4 Å². The molecule has 1 aromatic heterocycles. The lowest BCUT2D eigenvalue weighted by Crippen LogP contribution is -2.27. The molecule has 1 N–H and O–H groups in total. The molecule has 0 radical (unpaired) electrons. The molecule has 1 aromatic rings. The summed E-state index contributed by atoms with van der Waals surface area (Å²) in [6.07, 6.45) is 1.73. The first-order chi connectivity index (χ1) is 7.69. The van der Waals surface area contributed by atoms with Crippen molar-refractivity contribution in [1.29, 1.82) is 0 Å². The predicted molar refractivity (Wildman–Crippen MR) is 61.4 cm³/mol. The van der Waals surface area contributed by atoms with Crippen LogP contribution in [0.2, 0.25) is 0 Å². The van der Waals surface area contributed by atoms with Gasteiger partial charge in [0.1, 0.15) is 0 Å². The average molecular weight is 227 g/mol. The van der Waals surface area contributed by atoms with Crippen LogP contribution < -0.4 is 5.32 Å². The van der Waals surface area contributed by atoms with E-state index in [-0.39, 0.29) is 5.92 Å². The lowest BCUT2D eigenvalue weighted by Gasteiger charge is -2.14. The third-order valence-electron chi connectivity index (χ3n) is 2.83.